The van der Waals surface area contributed by atoms with Gasteiger partial charge in [0.2, 0.25) is 0 Å². The molecule has 0 heterocycles. The number of rotatable bonds is 3. The summed E-state index contributed by atoms with van der Waals surface area (Å²) in [6, 6.07) is 6.72. The third kappa shape index (κ3) is 2.32. The summed E-state index contributed by atoms with van der Waals surface area (Å²) in [5.41, 5.74) is 5.03. The molecule has 19 heavy (non-hydrogen) atoms. The van der Waals surface area contributed by atoms with E-state index in [2.05, 4.69) is 11.1 Å². The van der Waals surface area contributed by atoms with E-state index in [1.165, 1.54) is 0 Å². The van der Waals surface area contributed by atoms with Gasteiger partial charge in [-0.1, -0.05) is 24.3 Å². The zero-order valence-corrected chi connectivity index (χ0v) is 10.7. The number of carbonyl (C=O) groups excluding carboxylic acids is 3. The smallest absolute Gasteiger partial charge is 0.275 e. The van der Waals surface area contributed by atoms with Gasteiger partial charge in [-0.3, -0.25) is 14.4 Å². The Balaban J connectivity index is 2.35. The molecule has 1 aromatic rings. The van der Waals surface area contributed by atoms with E-state index < -0.39 is 0 Å². The number of quaternary nitrogens is 1. The van der Waals surface area contributed by atoms with E-state index in [-0.39, 0.29) is 30.6 Å². The van der Waals surface area contributed by atoms with Gasteiger partial charge in [-0.25, -0.2) is 0 Å². The summed E-state index contributed by atoms with van der Waals surface area (Å²) in [5, 5.41) is 2.58. The second kappa shape index (κ2) is 5.16. The van der Waals surface area contributed by atoms with Gasteiger partial charge in [-0.05, 0) is 6.92 Å². The Morgan fingerprint density at radius 3 is 2.32 bits per heavy atom. The Bertz CT molecular complexity index is 602. The first-order valence-corrected chi connectivity index (χ1v) is 6.00. The zero-order valence-electron chi connectivity index (χ0n) is 10.7. The summed E-state index contributed by atoms with van der Waals surface area (Å²) in [7, 11) is 0. The predicted molar refractivity (Wildman–Crippen MR) is 68.6 cm³/mol. The molecule has 0 saturated heterocycles. The van der Waals surface area contributed by atoms with Gasteiger partial charge in [0.1, 0.15) is 0 Å². The number of hydrogen-bond acceptors (Lipinski definition) is 3. The van der Waals surface area contributed by atoms with Crippen molar-refractivity contribution in [3.63, 3.8) is 0 Å². The van der Waals surface area contributed by atoms with Gasteiger partial charge in [0.25, 0.3) is 5.91 Å². The van der Waals surface area contributed by atoms with Crippen molar-refractivity contribution in [2.75, 3.05) is 13.1 Å². The molecule has 0 aliphatic heterocycles. The van der Waals surface area contributed by atoms with Gasteiger partial charge in [-0.15, -0.1) is 0 Å². The van der Waals surface area contributed by atoms with Crippen LogP contribution in [0.4, 0.5) is 0 Å². The summed E-state index contributed by atoms with van der Waals surface area (Å²) in [4.78, 5) is 35.7. The monoisotopic (exact) mass is 259 g/mol. The minimum absolute atomic E-state index is 0.0685. The van der Waals surface area contributed by atoms with E-state index in [0.717, 1.165) is 0 Å². The van der Waals surface area contributed by atoms with Gasteiger partial charge in [0.05, 0.1) is 0 Å². The van der Waals surface area contributed by atoms with Crippen LogP contribution in [0.5, 0.6) is 0 Å². The molecule has 0 atom stereocenters. The van der Waals surface area contributed by atoms with Crippen molar-refractivity contribution in [1.29, 1.82) is 0 Å². The molecule has 1 amide bonds. The molecule has 1 aromatic carbocycles. The highest BCUT2D eigenvalue weighted by atomic mass is 16.2. The molecule has 4 N–H and O–H groups in total. The topological polar surface area (TPSA) is 90.9 Å². The highest BCUT2D eigenvalue weighted by molar-refractivity contribution is 6.26. The highest BCUT2D eigenvalue weighted by Crippen LogP contribution is 2.25. The first kappa shape index (κ1) is 13.2. The second-order valence-corrected chi connectivity index (χ2v) is 4.33. The standard InChI is InChI=1S/C14H14N2O3/c1-8-11(7-16-12(17)6-15)14(19)10-5-3-2-4-9(10)13(8)18/h2-5H,6-7,15H2,1H3,(H,16,17)/p+1. The number of Topliss-reactive ketones (excluding diaryl/α,β-unsaturated/α-hetero) is 2. The lowest BCUT2D eigenvalue weighted by atomic mass is 9.84. The molecule has 1 aliphatic carbocycles. The summed E-state index contributed by atoms with van der Waals surface area (Å²) in [6.07, 6.45) is 0. The molecule has 0 aromatic heterocycles. The van der Waals surface area contributed by atoms with Crippen molar-refractivity contribution >= 4 is 17.5 Å². The minimum atomic E-state index is -0.251. The number of carbonyl (C=O) groups is 3. The van der Waals surface area contributed by atoms with Crippen molar-refractivity contribution in [2.24, 2.45) is 0 Å². The van der Waals surface area contributed by atoms with Crippen molar-refractivity contribution < 1.29 is 20.1 Å². The lowest BCUT2D eigenvalue weighted by Gasteiger charge is -2.18. The maximum atomic E-state index is 12.3. The largest absolute Gasteiger partial charge is 0.350 e. The van der Waals surface area contributed by atoms with E-state index in [1.807, 2.05) is 0 Å². The molecule has 0 saturated carbocycles. The van der Waals surface area contributed by atoms with Crippen LogP contribution >= 0.6 is 0 Å². The molecule has 0 spiro atoms. The fourth-order valence-corrected chi connectivity index (χ4v) is 2.04. The molecular weight excluding hydrogens is 244 g/mol. The second-order valence-electron chi connectivity index (χ2n) is 4.33. The first-order valence-electron chi connectivity index (χ1n) is 6.00. The molecule has 5 nitrogen and oxygen atoms in total. The number of hydrogen-bond donors (Lipinski definition) is 2. The molecule has 1 aliphatic rings. The van der Waals surface area contributed by atoms with Gasteiger partial charge >= 0.3 is 0 Å². The van der Waals surface area contributed by atoms with Crippen LogP contribution in [-0.2, 0) is 4.79 Å². The SMILES string of the molecule is CC1=C(CNC(=O)C[NH3+])C(=O)c2ccccc2C1=O. The molecular formula is C14H15N2O3+. The normalized spacial score (nSPS) is 14.4. The Labute approximate surface area is 110 Å². The fraction of sp³-hybridized carbons (Fsp3) is 0.214. The molecule has 0 radical (unpaired) electrons. The molecule has 98 valence electrons. The predicted octanol–water partition coefficient (Wildman–Crippen LogP) is -0.260. The van der Waals surface area contributed by atoms with Crippen LogP contribution in [0.1, 0.15) is 27.6 Å². The molecule has 2 rings (SSSR count). The Kier molecular flexibility index (Phi) is 3.57. The lowest BCUT2D eigenvalue weighted by Crippen LogP contribution is -2.57. The zero-order chi connectivity index (χ0) is 14.0. The fourth-order valence-electron chi connectivity index (χ4n) is 2.04. The van der Waals surface area contributed by atoms with Crippen molar-refractivity contribution in [3.8, 4) is 0 Å². The van der Waals surface area contributed by atoms with Crippen LogP contribution in [0, 0.1) is 0 Å². The average molecular weight is 259 g/mol. The van der Waals surface area contributed by atoms with E-state index in [1.54, 1.807) is 31.2 Å². The molecule has 0 unspecified atom stereocenters. The number of nitrogens with one attached hydrogen (secondary N) is 1. The van der Waals surface area contributed by atoms with Crippen LogP contribution in [0.25, 0.3) is 0 Å². The van der Waals surface area contributed by atoms with Crippen LogP contribution in [0.2, 0.25) is 0 Å². The number of ketones is 2. The van der Waals surface area contributed by atoms with Crippen LogP contribution in [-0.4, -0.2) is 30.6 Å². The average Bonchev–Trinajstić information content (AvgIpc) is 2.44. The summed E-state index contributed by atoms with van der Waals surface area (Å²) in [5.74, 6) is -0.606. The van der Waals surface area contributed by atoms with E-state index >= 15 is 0 Å². The maximum absolute atomic E-state index is 12.3. The lowest BCUT2D eigenvalue weighted by molar-refractivity contribution is -0.355. The van der Waals surface area contributed by atoms with Gasteiger partial charge in [-0.2, -0.15) is 0 Å². The third-order valence-electron chi connectivity index (χ3n) is 3.17. The van der Waals surface area contributed by atoms with E-state index in [9.17, 15) is 14.4 Å². The number of benzene rings is 1. The number of allylic oxidation sites excluding steroid dienone is 1. The van der Waals surface area contributed by atoms with Crippen LogP contribution < -0.4 is 11.1 Å². The maximum Gasteiger partial charge on any atom is 0.275 e. The van der Waals surface area contributed by atoms with Crippen LogP contribution in [0.3, 0.4) is 0 Å². The van der Waals surface area contributed by atoms with Gasteiger partial charge in [0.15, 0.2) is 18.1 Å². The van der Waals surface area contributed by atoms with Crippen molar-refractivity contribution in [2.45, 2.75) is 6.92 Å². The number of fused-ring (bicyclic) bond motifs is 1. The summed E-state index contributed by atoms with van der Waals surface area (Å²) in [6.45, 7) is 1.78. The Morgan fingerprint density at radius 1 is 1.16 bits per heavy atom. The van der Waals surface area contributed by atoms with Crippen LogP contribution in [0.15, 0.2) is 35.4 Å². The molecule has 5 heteroatoms. The highest BCUT2D eigenvalue weighted by Gasteiger charge is 2.29. The van der Waals surface area contributed by atoms with Gasteiger partial charge < -0.3 is 11.1 Å². The Hall–Kier alpha value is -2.27. The summed E-state index contributed by atoms with van der Waals surface area (Å²) < 4.78 is 0. The van der Waals surface area contributed by atoms with E-state index in [4.69, 9.17) is 0 Å². The van der Waals surface area contributed by atoms with Crippen molar-refractivity contribution in [3.05, 3.63) is 46.5 Å². The van der Waals surface area contributed by atoms with E-state index in [0.29, 0.717) is 22.3 Å². The summed E-state index contributed by atoms with van der Waals surface area (Å²) >= 11 is 0. The van der Waals surface area contributed by atoms with Crippen molar-refractivity contribution in [1.82, 2.24) is 5.32 Å². The minimum Gasteiger partial charge on any atom is -0.350 e. The molecule has 0 bridgehead atoms. The first-order chi connectivity index (χ1) is 9.06. The molecule has 0 fully saturated rings. The van der Waals surface area contributed by atoms with Gasteiger partial charge in [0, 0.05) is 28.8 Å². The number of amides is 1. The quantitative estimate of drug-likeness (QED) is 0.783. The third-order valence-corrected chi connectivity index (χ3v) is 3.17. The Morgan fingerprint density at radius 2 is 1.74 bits per heavy atom.